The number of rotatable bonds is 15. The monoisotopic (exact) mass is 370 g/mol. The zero-order valence-electron chi connectivity index (χ0n) is 17.6. The van der Waals surface area contributed by atoms with Crippen molar-refractivity contribution in [1.29, 1.82) is 0 Å². The molecule has 0 aliphatic rings. The van der Waals surface area contributed by atoms with Crippen LogP contribution in [0.2, 0.25) is 0 Å². The lowest BCUT2D eigenvalue weighted by Gasteiger charge is -2.19. The summed E-state index contributed by atoms with van der Waals surface area (Å²) < 4.78 is 5.12. The summed E-state index contributed by atoms with van der Waals surface area (Å²) in [7, 11) is 0. The molecule has 2 N–H and O–H groups in total. The number of ether oxygens (including phenoxy) is 1. The van der Waals surface area contributed by atoms with E-state index < -0.39 is 11.7 Å². The smallest absolute Gasteiger partial charge is 0.407 e. The van der Waals surface area contributed by atoms with Crippen molar-refractivity contribution < 1.29 is 14.3 Å². The van der Waals surface area contributed by atoms with Crippen LogP contribution < -0.4 is 10.6 Å². The van der Waals surface area contributed by atoms with E-state index in [1.807, 2.05) is 20.8 Å². The van der Waals surface area contributed by atoms with Gasteiger partial charge in [0.05, 0.1) is 0 Å². The van der Waals surface area contributed by atoms with E-state index in [9.17, 15) is 9.59 Å². The minimum Gasteiger partial charge on any atom is -0.444 e. The maximum absolute atomic E-state index is 11.7. The van der Waals surface area contributed by atoms with E-state index in [0.717, 1.165) is 13.0 Å². The molecule has 0 unspecified atom stereocenters. The van der Waals surface area contributed by atoms with Crippen LogP contribution in [0.1, 0.15) is 105 Å². The summed E-state index contributed by atoms with van der Waals surface area (Å²) in [6, 6.07) is 0. The minimum atomic E-state index is -0.513. The second-order valence-electron chi connectivity index (χ2n) is 8.06. The van der Waals surface area contributed by atoms with Gasteiger partial charge in [0.15, 0.2) is 0 Å². The van der Waals surface area contributed by atoms with Crippen LogP contribution >= 0.6 is 0 Å². The first-order chi connectivity index (χ1) is 12.3. The first-order valence-electron chi connectivity index (χ1n) is 10.6. The molecule has 0 aliphatic carbocycles. The number of nitrogens with one attached hydrogen (secondary N) is 2. The Kier molecular flexibility index (Phi) is 15.2. The number of carbonyl (C=O) groups is 2. The molecular weight excluding hydrogens is 328 g/mol. The molecule has 0 bridgehead atoms. The zero-order chi connectivity index (χ0) is 19.7. The van der Waals surface area contributed by atoms with Crippen LogP contribution in [0.5, 0.6) is 0 Å². The van der Waals surface area contributed by atoms with E-state index in [-0.39, 0.29) is 12.3 Å². The summed E-state index contributed by atoms with van der Waals surface area (Å²) in [4.78, 5) is 23.1. The molecule has 0 saturated carbocycles. The van der Waals surface area contributed by atoms with E-state index in [1.54, 1.807) is 0 Å². The highest BCUT2D eigenvalue weighted by Crippen LogP contribution is 2.11. The molecule has 0 saturated heterocycles. The molecule has 0 heterocycles. The first kappa shape index (κ1) is 24.7. The van der Waals surface area contributed by atoms with Gasteiger partial charge in [0.25, 0.3) is 0 Å². The van der Waals surface area contributed by atoms with Crippen molar-refractivity contribution in [2.75, 3.05) is 13.1 Å². The fourth-order valence-corrected chi connectivity index (χ4v) is 2.70. The molecule has 0 aromatic rings. The van der Waals surface area contributed by atoms with Gasteiger partial charge in [0.1, 0.15) is 5.60 Å². The SMILES string of the molecule is CCCCCCCCCCCCCNC(=O)CCNC(=O)OC(C)(C)C. The lowest BCUT2D eigenvalue weighted by molar-refractivity contribution is -0.120. The van der Waals surface area contributed by atoms with Gasteiger partial charge in [-0.3, -0.25) is 4.79 Å². The highest BCUT2D eigenvalue weighted by molar-refractivity contribution is 5.76. The average Bonchev–Trinajstić information content (AvgIpc) is 2.54. The molecular formula is C21H42N2O3. The molecule has 0 atom stereocenters. The highest BCUT2D eigenvalue weighted by Gasteiger charge is 2.15. The van der Waals surface area contributed by atoms with Gasteiger partial charge in [-0.1, -0.05) is 71.1 Å². The molecule has 0 radical (unpaired) electrons. The summed E-state index contributed by atoms with van der Waals surface area (Å²) in [5.41, 5.74) is -0.513. The van der Waals surface area contributed by atoms with E-state index >= 15 is 0 Å². The van der Waals surface area contributed by atoms with Gasteiger partial charge in [-0.25, -0.2) is 4.79 Å². The summed E-state index contributed by atoms with van der Waals surface area (Å²) in [5.74, 6) is -0.0202. The van der Waals surface area contributed by atoms with Gasteiger partial charge in [-0.15, -0.1) is 0 Å². The average molecular weight is 371 g/mol. The minimum absolute atomic E-state index is 0.0202. The molecule has 2 amide bonds. The number of hydrogen-bond acceptors (Lipinski definition) is 3. The van der Waals surface area contributed by atoms with Crippen molar-refractivity contribution in [3.05, 3.63) is 0 Å². The number of carbonyl (C=O) groups excluding carboxylic acids is 2. The molecule has 0 aromatic heterocycles. The number of hydrogen-bond donors (Lipinski definition) is 2. The Morgan fingerprint density at radius 3 is 1.73 bits per heavy atom. The van der Waals surface area contributed by atoms with Crippen molar-refractivity contribution in [3.8, 4) is 0 Å². The molecule has 26 heavy (non-hydrogen) atoms. The number of unbranched alkanes of at least 4 members (excludes halogenated alkanes) is 10. The second kappa shape index (κ2) is 16.0. The fourth-order valence-electron chi connectivity index (χ4n) is 2.70. The van der Waals surface area contributed by atoms with E-state index in [0.29, 0.717) is 6.54 Å². The van der Waals surface area contributed by atoms with Crippen molar-refractivity contribution >= 4 is 12.0 Å². The van der Waals surface area contributed by atoms with Crippen LogP contribution in [0, 0.1) is 0 Å². The Balaban J connectivity index is 3.33. The normalized spacial score (nSPS) is 11.2. The lowest BCUT2D eigenvalue weighted by atomic mass is 10.1. The van der Waals surface area contributed by atoms with E-state index in [2.05, 4.69) is 17.6 Å². The Hall–Kier alpha value is -1.26. The third kappa shape index (κ3) is 19.1. The predicted molar refractivity (Wildman–Crippen MR) is 108 cm³/mol. The summed E-state index contributed by atoms with van der Waals surface area (Å²) in [6.07, 6.45) is 14.1. The summed E-state index contributed by atoms with van der Waals surface area (Å²) in [6.45, 7) is 8.72. The Labute approximate surface area is 161 Å². The van der Waals surface area contributed by atoms with Gasteiger partial charge >= 0.3 is 6.09 Å². The second-order valence-corrected chi connectivity index (χ2v) is 8.06. The maximum atomic E-state index is 11.7. The van der Waals surface area contributed by atoms with Gasteiger partial charge in [0.2, 0.25) is 5.91 Å². The highest BCUT2D eigenvalue weighted by atomic mass is 16.6. The topological polar surface area (TPSA) is 67.4 Å². The summed E-state index contributed by atoms with van der Waals surface area (Å²) in [5, 5.41) is 5.50. The standard InChI is InChI=1S/C21H42N2O3/c1-5-6-7-8-9-10-11-12-13-14-15-17-22-19(24)16-18-23-20(25)26-21(2,3)4/h5-18H2,1-4H3,(H,22,24)(H,23,25). The van der Waals surface area contributed by atoms with Gasteiger partial charge < -0.3 is 15.4 Å². The van der Waals surface area contributed by atoms with Crippen LogP contribution in [0.4, 0.5) is 4.79 Å². The van der Waals surface area contributed by atoms with E-state index in [1.165, 1.54) is 64.2 Å². The third-order valence-corrected chi connectivity index (χ3v) is 4.12. The first-order valence-corrected chi connectivity index (χ1v) is 10.6. The maximum Gasteiger partial charge on any atom is 0.407 e. The molecule has 0 fully saturated rings. The van der Waals surface area contributed by atoms with Crippen LogP contribution in [-0.2, 0) is 9.53 Å². The van der Waals surface area contributed by atoms with Gasteiger partial charge in [-0.05, 0) is 27.2 Å². The van der Waals surface area contributed by atoms with E-state index in [4.69, 9.17) is 4.74 Å². The molecule has 0 spiro atoms. The number of amides is 2. The van der Waals surface area contributed by atoms with Gasteiger partial charge in [-0.2, -0.15) is 0 Å². The molecule has 0 rings (SSSR count). The largest absolute Gasteiger partial charge is 0.444 e. The fraction of sp³-hybridized carbons (Fsp3) is 0.905. The van der Waals surface area contributed by atoms with Crippen molar-refractivity contribution in [2.24, 2.45) is 0 Å². The molecule has 5 heteroatoms. The molecule has 5 nitrogen and oxygen atoms in total. The van der Waals surface area contributed by atoms with Crippen molar-refractivity contribution in [2.45, 2.75) is 110 Å². The lowest BCUT2D eigenvalue weighted by Crippen LogP contribution is -2.35. The third-order valence-electron chi connectivity index (χ3n) is 4.12. The van der Waals surface area contributed by atoms with Gasteiger partial charge in [0, 0.05) is 19.5 Å². The van der Waals surface area contributed by atoms with Crippen LogP contribution in [0.15, 0.2) is 0 Å². The molecule has 0 aromatic carbocycles. The van der Waals surface area contributed by atoms with Crippen LogP contribution in [0.3, 0.4) is 0 Å². The Morgan fingerprint density at radius 1 is 0.731 bits per heavy atom. The molecule has 0 aliphatic heterocycles. The molecule has 154 valence electrons. The van der Waals surface area contributed by atoms with Crippen LogP contribution in [0.25, 0.3) is 0 Å². The Bertz CT molecular complexity index is 365. The number of alkyl carbamates (subject to hydrolysis) is 1. The van der Waals surface area contributed by atoms with Crippen LogP contribution in [-0.4, -0.2) is 30.7 Å². The Morgan fingerprint density at radius 2 is 1.23 bits per heavy atom. The van der Waals surface area contributed by atoms with Crippen molar-refractivity contribution in [1.82, 2.24) is 10.6 Å². The summed E-state index contributed by atoms with van der Waals surface area (Å²) >= 11 is 0. The quantitative estimate of drug-likeness (QED) is 0.383. The van der Waals surface area contributed by atoms with Crippen molar-refractivity contribution in [3.63, 3.8) is 0 Å². The predicted octanol–water partition coefficient (Wildman–Crippen LogP) is 5.33. The zero-order valence-corrected chi connectivity index (χ0v) is 17.6.